The number of likely N-dealkylation sites (tertiary alicyclic amines) is 1. The third kappa shape index (κ3) is 2.11. The topological polar surface area (TPSA) is 42.1 Å². The maximum atomic E-state index is 6.00. The molecule has 1 aliphatic rings. The monoisotopic (exact) mass is 219 g/mol. The normalized spacial score (nSPS) is 20.9. The highest BCUT2D eigenvalue weighted by Crippen LogP contribution is 2.33. The predicted molar refractivity (Wildman–Crippen MR) is 66.3 cm³/mol. The van der Waals surface area contributed by atoms with E-state index in [1.54, 1.807) is 0 Å². The second kappa shape index (κ2) is 4.93. The molecule has 0 bridgehead atoms. The fourth-order valence-corrected chi connectivity index (χ4v) is 2.54. The number of aromatic nitrogens is 1. The first-order valence-corrected chi connectivity index (χ1v) is 6.15. The van der Waals surface area contributed by atoms with Gasteiger partial charge in [0.15, 0.2) is 0 Å². The van der Waals surface area contributed by atoms with Gasteiger partial charge in [-0.05, 0) is 44.6 Å². The van der Waals surface area contributed by atoms with E-state index in [1.165, 1.54) is 5.69 Å². The second-order valence-electron chi connectivity index (χ2n) is 4.63. The zero-order chi connectivity index (χ0) is 11.4. The van der Waals surface area contributed by atoms with Crippen molar-refractivity contribution in [2.75, 3.05) is 26.2 Å². The van der Waals surface area contributed by atoms with Crippen molar-refractivity contribution in [1.29, 1.82) is 0 Å². The van der Waals surface area contributed by atoms with Crippen molar-refractivity contribution in [3.8, 4) is 0 Å². The number of pyridine rings is 1. The molecular weight excluding hydrogens is 198 g/mol. The highest BCUT2D eigenvalue weighted by molar-refractivity contribution is 5.19. The minimum Gasteiger partial charge on any atom is -0.330 e. The molecule has 1 aromatic rings. The molecular formula is C13H21N3. The van der Waals surface area contributed by atoms with Crippen molar-refractivity contribution in [2.45, 2.75) is 25.2 Å². The summed E-state index contributed by atoms with van der Waals surface area (Å²) in [5.74, 6) is 0. The van der Waals surface area contributed by atoms with Crippen LogP contribution in [0.25, 0.3) is 0 Å². The van der Waals surface area contributed by atoms with Crippen LogP contribution in [0.2, 0.25) is 0 Å². The average Bonchev–Trinajstić information content (AvgIpc) is 2.40. The van der Waals surface area contributed by atoms with E-state index in [9.17, 15) is 0 Å². The fourth-order valence-electron chi connectivity index (χ4n) is 2.54. The second-order valence-corrected chi connectivity index (χ2v) is 4.63. The molecule has 0 unspecified atom stereocenters. The number of rotatable bonds is 3. The van der Waals surface area contributed by atoms with E-state index in [0.29, 0.717) is 6.54 Å². The first kappa shape index (κ1) is 11.6. The Balaban J connectivity index is 2.16. The molecule has 0 saturated carbocycles. The maximum absolute atomic E-state index is 6.00. The first-order chi connectivity index (χ1) is 7.80. The third-order valence-electron chi connectivity index (χ3n) is 3.86. The lowest BCUT2D eigenvalue weighted by Crippen LogP contribution is -2.47. The van der Waals surface area contributed by atoms with Crippen molar-refractivity contribution >= 4 is 0 Å². The Hall–Kier alpha value is -0.930. The van der Waals surface area contributed by atoms with Gasteiger partial charge in [0.2, 0.25) is 0 Å². The summed E-state index contributed by atoms with van der Waals surface area (Å²) in [6.45, 7) is 6.36. The van der Waals surface area contributed by atoms with Gasteiger partial charge in [0.1, 0.15) is 0 Å². The molecule has 2 heterocycles. The van der Waals surface area contributed by atoms with Crippen molar-refractivity contribution in [2.24, 2.45) is 5.73 Å². The Morgan fingerprint density at radius 1 is 1.38 bits per heavy atom. The Kier molecular flexibility index (Phi) is 3.56. The van der Waals surface area contributed by atoms with Crippen LogP contribution >= 0.6 is 0 Å². The molecule has 88 valence electrons. The zero-order valence-corrected chi connectivity index (χ0v) is 10.0. The van der Waals surface area contributed by atoms with Crippen LogP contribution in [0.1, 0.15) is 25.5 Å². The summed E-state index contributed by atoms with van der Waals surface area (Å²) in [6, 6.07) is 6.15. The Morgan fingerprint density at radius 3 is 2.62 bits per heavy atom. The minimum atomic E-state index is 0.118. The fraction of sp³-hybridized carbons (Fsp3) is 0.615. The Labute approximate surface area is 97.7 Å². The van der Waals surface area contributed by atoms with Gasteiger partial charge in [-0.15, -0.1) is 0 Å². The standard InChI is InChI=1S/C13H21N3/c1-2-16-9-6-13(11-14,7-10-16)12-5-3-4-8-15-12/h3-5,8H,2,6-7,9-11,14H2,1H3. The number of nitrogens with zero attached hydrogens (tertiary/aromatic N) is 2. The van der Waals surface area contributed by atoms with Crippen LogP contribution in [0.5, 0.6) is 0 Å². The van der Waals surface area contributed by atoms with Crippen molar-refractivity contribution in [1.82, 2.24) is 9.88 Å². The van der Waals surface area contributed by atoms with E-state index in [0.717, 1.165) is 32.5 Å². The molecule has 2 rings (SSSR count). The Morgan fingerprint density at radius 2 is 2.12 bits per heavy atom. The molecule has 1 aromatic heterocycles. The van der Waals surface area contributed by atoms with E-state index < -0.39 is 0 Å². The number of piperidine rings is 1. The van der Waals surface area contributed by atoms with Gasteiger partial charge in [-0.3, -0.25) is 4.98 Å². The lowest BCUT2D eigenvalue weighted by molar-refractivity contribution is 0.166. The highest BCUT2D eigenvalue weighted by Gasteiger charge is 2.35. The van der Waals surface area contributed by atoms with Crippen LogP contribution in [-0.2, 0) is 5.41 Å². The number of hydrogen-bond donors (Lipinski definition) is 1. The molecule has 2 N–H and O–H groups in total. The van der Waals surface area contributed by atoms with E-state index in [4.69, 9.17) is 5.73 Å². The van der Waals surface area contributed by atoms with Crippen LogP contribution in [0, 0.1) is 0 Å². The maximum Gasteiger partial charge on any atom is 0.0478 e. The van der Waals surface area contributed by atoms with Gasteiger partial charge in [0.05, 0.1) is 0 Å². The number of hydrogen-bond acceptors (Lipinski definition) is 3. The van der Waals surface area contributed by atoms with Crippen LogP contribution < -0.4 is 5.73 Å². The SMILES string of the molecule is CCN1CCC(CN)(c2ccccn2)CC1. The molecule has 3 heteroatoms. The van der Waals surface area contributed by atoms with Crippen LogP contribution in [0.3, 0.4) is 0 Å². The van der Waals surface area contributed by atoms with Gasteiger partial charge >= 0.3 is 0 Å². The van der Waals surface area contributed by atoms with Gasteiger partial charge in [-0.2, -0.15) is 0 Å². The summed E-state index contributed by atoms with van der Waals surface area (Å²) in [5.41, 5.74) is 7.29. The molecule has 0 aliphatic carbocycles. The molecule has 16 heavy (non-hydrogen) atoms. The van der Waals surface area contributed by atoms with E-state index in [2.05, 4.69) is 28.9 Å². The molecule has 0 spiro atoms. The Bertz CT molecular complexity index is 315. The van der Waals surface area contributed by atoms with E-state index in [-0.39, 0.29) is 5.41 Å². The minimum absolute atomic E-state index is 0.118. The summed E-state index contributed by atoms with van der Waals surface area (Å²) >= 11 is 0. The van der Waals surface area contributed by atoms with Gasteiger partial charge in [0, 0.05) is 23.9 Å². The summed E-state index contributed by atoms with van der Waals surface area (Å²) in [5, 5.41) is 0. The molecule has 0 aromatic carbocycles. The third-order valence-corrected chi connectivity index (χ3v) is 3.86. The summed E-state index contributed by atoms with van der Waals surface area (Å²) < 4.78 is 0. The van der Waals surface area contributed by atoms with Crippen molar-refractivity contribution < 1.29 is 0 Å². The predicted octanol–water partition coefficient (Wildman–Crippen LogP) is 1.39. The summed E-state index contributed by atoms with van der Waals surface area (Å²) in [7, 11) is 0. The van der Waals surface area contributed by atoms with Gasteiger partial charge < -0.3 is 10.6 Å². The smallest absolute Gasteiger partial charge is 0.0478 e. The van der Waals surface area contributed by atoms with Crippen molar-refractivity contribution in [3.05, 3.63) is 30.1 Å². The molecule has 0 amide bonds. The summed E-state index contributed by atoms with van der Waals surface area (Å²) in [6.07, 6.45) is 4.14. The average molecular weight is 219 g/mol. The number of nitrogens with two attached hydrogens (primary N) is 1. The van der Waals surface area contributed by atoms with E-state index in [1.807, 2.05) is 12.3 Å². The van der Waals surface area contributed by atoms with Crippen LogP contribution in [0.15, 0.2) is 24.4 Å². The molecule has 1 saturated heterocycles. The lowest BCUT2D eigenvalue weighted by Gasteiger charge is -2.40. The molecule has 1 fully saturated rings. The molecule has 0 atom stereocenters. The van der Waals surface area contributed by atoms with Gasteiger partial charge in [0.25, 0.3) is 0 Å². The van der Waals surface area contributed by atoms with Gasteiger partial charge in [-0.1, -0.05) is 13.0 Å². The van der Waals surface area contributed by atoms with Gasteiger partial charge in [-0.25, -0.2) is 0 Å². The lowest BCUT2D eigenvalue weighted by atomic mass is 9.75. The molecule has 0 radical (unpaired) electrons. The summed E-state index contributed by atoms with van der Waals surface area (Å²) in [4.78, 5) is 6.98. The van der Waals surface area contributed by atoms with Crippen LogP contribution in [-0.4, -0.2) is 36.1 Å². The largest absolute Gasteiger partial charge is 0.330 e. The highest BCUT2D eigenvalue weighted by atomic mass is 15.1. The molecule has 3 nitrogen and oxygen atoms in total. The zero-order valence-electron chi connectivity index (χ0n) is 10.0. The quantitative estimate of drug-likeness (QED) is 0.835. The van der Waals surface area contributed by atoms with Crippen molar-refractivity contribution in [3.63, 3.8) is 0 Å². The van der Waals surface area contributed by atoms with E-state index >= 15 is 0 Å². The molecule has 1 aliphatic heterocycles. The van der Waals surface area contributed by atoms with Crippen LogP contribution in [0.4, 0.5) is 0 Å². The first-order valence-electron chi connectivity index (χ1n) is 6.15.